The molecule has 2 aromatic carbocycles. The van der Waals surface area contributed by atoms with Gasteiger partial charge in [-0.15, -0.1) is 0 Å². The molecule has 0 spiro atoms. The Morgan fingerprint density at radius 2 is 1.70 bits per heavy atom. The third-order valence-electron chi connectivity index (χ3n) is 2.72. The van der Waals surface area contributed by atoms with Crippen LogP contribution in [-0.4, -0.2) is 11.7 Å². The van der Waals surface area contributed by atoms with E-state index in [9.17, 15) is 0 Å². The Morgan fingerprint density at radius 1 is 1.00 bits per heavy atom. The van der Waals surface area contributed by atoms with E-state index in [1.807, 2.05) is 25.1 Å². The molecule has 0 amide bonds. The molecule has 0 saturated heterocycles. The van der Waals surface area contributed by atoms with E-state index in [4.69, 9.17) is 20.3 Å². The first kappa shape index (κ1) is 14.2. The summed E-state index contributed by atoms with van der Waals surface area (Å²) in [5.41, 5.74) is 7.28. The number of nitrogen functional groups attached to an aromatic ring is 1. The number of anilines is 1. The number of ether oxygens (including phenoxy) is 2. The molecule has 0 aliphatic rings. The molecule has 0 radical (unpaired) electrons. The van der Waals surface area contributed by atoms with Gasteiger partial charge in [0.1, 0.15) is 17.2 Å². The number of rotatable bonds is 6. The first-order valence-electron chi connectivity index (χ1n) is 6.62. The molecule has 0 aliphatic carbocycles. The van der Waals surface area contributed by atoms with E-state index in [2.05, 4.69) is 0 Å². The van der Waals surface area contributed by atoms with Gasteiger partial charge < -0.3 is 20.3 Å². The van der Waals surface area contributed by atoms with Gasteiger partial charge in [0, 0.05) is 23.9 Å². The molecule has 0 heterocycles. The maximum absolute atomic E-state index is 9.00. The smallest absolute Gasteiger partial charge is 0.133 e. The van der Waals surface area contributed by atoms with Gasteiger partial charge in [-0.05, 0) is 24.1 Å². The van der Waals surface area contributed by atoms with Crippen LogP contribution < -0.4 is 15.2 Å². The number of benzene rings is 2. The van der Waals surface area contributed by atoms with Crippen LogP contribution >= 0.6 is 0 Å². The molecule has 3 N–H and O–H groups in total. The van der Waals surface area contributed by atoms with Gasteiger partial charge in [-0.2, -0.15) is 0 Å². The molecule has 20 heavy (non-hydrogen) atoms. The van der Waals surface area contributed by atoms with E-state index in [-0.39, 0.29) is 6.61 Å². The summed E-state index contributed by atoms with van der Waals surface area (Å²) in [6.07, 6.45) is 0.938. The van der Waals surface area contributed by atoms with Gasteiger partial charge in [-0.1, -0.05) is 19.1 Å². The van der Waals surface area contributed by atoms with Crippen molar-refractivity contribution in [3.05, 3.63) is 48.0 Å². The van der Waals surface area contributed by atoms with Crippen molar-refractivity contribution >= 4 is 5.69 Å². The van der Waals surface area contributed by atoms with Gasteiger partial charge in [0.25, 0.3) is 0 Å². The van der Waals surface area contributed by atoms with Crippen LogP contribution in [0, 0.1) is 0 Å². The fourth-order valence-electron chi connectivity index (χ4n) is 1.75. The molecule has 0 bridgehead atoms. The Kier molecular flexibility index (Phi) is 4.85. The Hall–Kier alpha value is -2.20. The Labute approximate surface area is 118 Å². The highest BCUT2D eigenvalue weighted by molar-refractivity contribution is 5.51. The lowest BCUT2D eigenvalue weighted by Crippen LogP contribution is -1.97. The zero-order valence-electron chi connectivity index (χ0n) is 11.5. The van der Waals surface area contributed by atoms with E-state index in [1.165, 1.54) is 0 Å². The van der Waals surface area contributed by atoms with Crippen molar-refractivity contribution in [2.45, 2.75) is 20.0 Å². The molecule has 106 valence electrons. The van der Waals surface area contributed by atoms with Gasteiger partial charge in [-0.25, -0.2) is 0 Å². The van der Waals surface area contributed by atoms with Crippen LogP contribution in [0.1, 0.15) is 18.9 Å². The standard InChI is InChI=1S/C16H19NO3/c1-2-7-19-15-8-13(17)9-16(10-15)20-14-5-3-12(11-18)4-6-14/h3-6,8-10,18H,2,7,11,17H2,1H3. The molecule has 0 atom stereocenters. The minimum Gasteiger partial charge on any atom is -0.493 e. The monoisotopic (exact) mass is 273 g/mol. The Balaban J connectivity index is 2.12. The molecule has 2 aromatic rings. The number of nitrogens with two attached hydrogens (primary N) is 1. The van der Waals surface area contributed by atoms with Crippen LogP contribution in [0.25, 0.3) is 0 Å². The van der Waals surface area contributed by atoms with Gasteiger partial charge in [0.15, 0.2) is 0 Å². The molecular formula is C16H19NO3. The summed E-state index contributed by atoms with van der Waals surface area (Å²) >= 11 is 0. The largest absolute Gasteiger partial charge is 0.493 e. The molecule has 4 nitrogen and oxygen atoms in total. The highest BCUT2D eigenvalue weighted by atomic mass is 16.5. The lowest BCUT2D eigenvalue weighted by Gasteiger charge is -2.10. The van der Waals surface area contributed by atoms with Crippen LogP contribution in [0.2, 0.25) is 0 Å². The Bertz CT molecular complexity index is 552. The van der Waals surface area contributed by atoms with Crippen molar-refractivity contribution in [2.24, 2.45) is 0 Å². The summed E-state index contributed by atoms with van der Waals surface area (Å²) in [5.74, 6) is 2.02. The summed E-state index contributed by atoms with van der Waals surface area (Å²) in [6.45, 7) is 2.72. The highest BCUT2D eigenvalue weighted by Crippen LogP contribution is 2.28. The third-order valence-corrected chi connectivity index (χ3v) is 2.72. The van der Waals surface area contributed by atoms with Crippen molar-refractivity contribution in [3.63, 3.8) is 0 Å². The lowest BCUT2D eigenvalue weighted by molar-refractivity contribution is 0.281. The summed E-state index contributed by atoms with van der Waals surface area (Å²) in [7, 11) is 0. The maximum Gasteiger partial charge on any atom is 0.133 e. The summed E-state index contributed by atoms with van der Waals surface area (Å²) in [4.78, 5) is 0. The molecular weight excluding hydrogens is 254 g/mol. The van der Waals surface area contributed by atoms with E-state index >= 15 is 0 Å². The summed E-state index contributed by atoms with van der Waals surface area (Å²) < 4.78 is 11.3. The van der Waals surface area contributed by atoms with E-state index in [0.717, 1.165) is 12.0 Å². The molecule has 0 aromatic heterocycles. The third kappa shape index (κ3) is 3.90. The summed E-state index contributed by atoms with van der Waals surface area (Å²) in [6, 6.07) is 12.6. The molecule has 2 rings (SSSR count). The second-order valence-corrected chi connectivity index (χ2v) is 4.49. The second-order valence-electron chi connectivity index (χ2n) is 4.49. The SMILES string of the molecule is CCCOc1cc(N)cc(Oc2ccc(CO)cc2)c1. The highest BCUT2D eigenvalue weighted by Gasteiger charge is 2.03. The van der Waals surface area contributed by atoms with Gasteiger partial charge in [-0.3, -0.25) is 0 Å². The first-order valence-corrected chi connectivity index (χ1v) is 6.62. The van der Waals surface area contributed by atoms with Crippen molar-refractivity contribution in [1.29, 1.82) is 0 Å². The van der Waals surface area contributed by atoms with E-state index < -0.39 is 0 Å². The first-order chi connectivity index (χ1) is 9.71. The fourth-order valence-corrected chi connectivity index (χ4v) is 1.75. The van der Waals surface area contributed by atoms with Crippen LogP contribution in [0.3, 0.4) is 0 Å². The molecule has 0 fully saturated rings. The van der Waals surface area contributed by atoms with E-state index in [1.54, 1.807) is 24.3 Å². The molecule has 0 unspecified atom stereocenters. The van der Waals surface area contributed by atoms with E-state index in [0.29, 0.717) is 29.5 Å². The van der Waals surface area contributed by atoms with Crippen LogP contribution in [0.4, 0.5) is 5.69 Å². The number of aliphatic hydroxyl groups is 1. The Morgan fingerprint density at radius 3 is 2.35 bits per heavy atom. The van der Waals surface area contributed by atoms with Crippen molar-refractivity contribution in [3.8, 4) is 17.2 Å². The zero-order valence-corrected chi connectivity index (χ0v) is 11.5. The molecule has 0 aliphatic heterocycles. The van der Waals surface area contributed by atoms with Gasteiger partial charge >= 0.3 is 0 Å². The minimum absolute atomic E-state index is 0.0214. The quantitative estimate of drug-likeness (QED) is 0.792. The van der Waals surface area contributed by atoms with Crippen LogP contribution in [0.5, 0.6) is 17.2 Å². The number of hydrogen-bond donors (Lipinski definition) is 2. The summed E-state index contributed by atoms with van der Waals surface area (Å²) in [5, 5.41) is 9.00. The minimum atomic E-state index is 0.0214. The molecule has 4 heteroatoms. The predicted octanol–water partition coefficient (Wildman–Crippen LogP) is 3.34. The zero-order chi connectivity index (χ0) is 14.4. The number of aliphatic hydroxyl groups excluding tert-OH is 1. The van der Waals surface area contributed by atoms with Gasteiger partial charge in [0.05, 0.1) is 13.2 Å². The predicted molar refractivity (Wildman–Crippen MR) is 79.1 cm³/mol. The van der Waals surface area contributed by atoms with Crippen molar-refractivity contribution in [2.75, 3.05) is 12.3 Å². The fraction of sp³-hybridized carbons (Fsp3) is 0.250. The van der Waals surface area contributed by atoms with Crippen LogP contribution in [-0.2, 0) is 6.61 Å². The van der Waals surface area contributed by atoms with Crippen molar-refractivity contribution in [1.82, 2.24) is 0 Å². The molecule has 0 saturated carbocycles. The topological polar surface area (TPSA) is 64.7 Å². The number of hydrogen-bond acceptors (Lipinski definition) is 4. The second kappa shape index (κ2) is 6.82. The van der Waals surface area contributed by atoms with Crippen LogP contribution in [0.15, 0.2) is 42.5 Å². The maximum atomic E-state index is 9.00. The van der Waals surface area contributed by atoms with Gasteiger partial charge in [0.2, 0.25) is 0 Å². The van der Waals surface area contributed by atoms with Crippen molar-refractivity contribution < 1.29 is 14.6 Å². The average molecular weight is 273 g/mol. The normalized spacial score (nSPS) is 10.3. The lowest BCUT2D eigenvalue weighted by atomic mass is 10.2. The average Bonchev–Trinajstić information content (AvgIpc) is 2.45.